The van der Waals surface area contributed by atoms with Gasteiger partial charge in [0.1, 0.15) is 10.6 Å². The summed E-state index contributed by atoms with van der Waals surface area (Å²) in [4.78, 5) is 17.1. The molecule has 3 aromatic heterocycles. The molecule has 0 atom stereocenters. The molecule has 2 aromatic carbocycles. The van der Waals surface area contributed by atoms with Crippen LogP contribution in [0.4, 0.5) is 0 Å². The standard InChI is InChI=1S/C21H10Cl2N2O3S/c22-12-5-11-7-13(21(26)28-18(11)15(23)8-12)16-9-29-20(25-16)14-6-10-3-1-2-4-17(10)27-19(14)24/h1-9,24H. The van der Waals surface area contributed by atoms with Gasteiger partial charge in [-0.3, -0.25) is 5.41 Å². The fourth-order valence-electron chi connectivity index (χ4n) is 3.09. The number of para-hydroxylation sites is 1. The summed E-state index contributed by atoms with van der Waals surface area (Å²) >= 11 is 13.5. The molecular formula is C21H10Cl2N2O3S. The van der Waals surface area contributed by atoms with Crippen molar-refractivity contribution in [3.05, 3.63) is 79.9 Å². The maximum Gasteiger partial charge on any atom is 0.345 e. The van der Waals surface area contributed by atoms with Crippen LogP contribution >= 0.6 is 34.5 Å². The number of halogens is 2. The predicted octanol–water partition coefficient (Wildman–Crippen LogP) is 6.12. The van der Waals surface area contributed by atoms with Crippen LogP contribution in [0.5, 0.6) is 0 Å². The van der Waals surface area contributed by atoms with Gasteiger partial charge in [-0.25, -0.2) is 9.78 Å². The van der Waals surface area contributed by atoms with Gasteiger partial charge in [0.15, 0.2) is 5.58 Å². The van der Waals surface area contributed by atoms with E-state index >= 15 is 0 Å². The maximum absolute atomic E-state index is 12.5. The smallest absolute Gasteiger partial charge is 0.345 e. The van der Waals surface area contributed by atoms with Gasteiger partial charge in [-0.15, -0.1) is 11.3 Å². The van der Waals surface area contributed by atoms with E-state index in [2.05, 4.69) is 4.98 Å². The van der Waals surface area contributed by atoms with E-state index in [0.29, 0.717) is 37.8 Å². The molecule has 0 saturated heterocycles. The SMILES string of the molecule is N=c1oc2ccccc2cc1-c1nc(-c2cc3cc(Cl)cc(Cl)c3oc2=O)cs1. The summed E-state index contributed by atoms with van der Waals surface area (Å²) in [6.07, 6.45) is 0. The van der Waals surface area contributed by atoms with Crippen LogP contribution in [-0.4, -0.2) is 4.98 Å². The predicted molar refractivity (Wildman–Crippen MR) is 115 cm³/mol. The molecule has 142 valence electrons. The van der Waals surface area contributed by atoms with Gasteiger partial charge < -0.3 is 8.83 Å². The van der Waals surface area contributed by atoms with E-state index in [4.69, 9.17) is 37.4 Å². The molecule has 0 bridgehead atoms. The molecule has 3 heterocycles. The van der Waals surface area contributed by atoms with Crippen molar-refractivity contribution >= 4 is 56.5 Å². The van der Waals surface area contributed by atoms with E-state index in [1.807, 2.05) is 24.3 Å². The molecule has 0 saturated carbocycles. The summed E-state index contributed by atoms with van der Waals surface area (Å²) in [5.41, 5.74) is 1.66. The van der Waals surface area contributed by atoms with Gasteiger partial charge in [-0.1, -0.05) is 41.4 Å². The minimum atomic E-state index is -0.548. The summed E-state index contributed by atoms with van der Waals surface area (Å²) in [7, 11) is 0. The van der Waals surface area contributed by atoms with Crippen molar-refractivity contribution < 1.29 is 8.83 Å². The van der Waals surface area contributed by atoms with Crippen molar-refractivity contribution in [2.75, 3.05) is 0 Å². The zero-order valence-electron chi connectivity index (χ0n) is 14.5. The highest BCUT2D eigenvalue weighted by molar-refractivity contribution is 7.13. The van der Waals surface area contributed by atoms with Crippen LogP contribution in [0.1, 0.15) is 0 Å². The van der Waals surface area contributed by atoms with E-state index in [1.165, 1.54) is 17.4 Å². The lowest BCUT2D eigenvalue weighted by molar-refractivity contribution is 0.536. The Morgan fingerprint density at radius 2 is 1.76 bits per heavy atom. The second kappa shape index (κ2) is 6.84. The Hall–Kier alpha value is -2.93. The number of hydrogen-bond donors (Lipinski definition) is 1. The molecule has 0 amide bonds. The second-order valence-corrected chi connectivity index (χ2v) is 8.02. The number of nitrogens with zero attached hydrogens (tertiary/aromatic N) is 1. The molecule has 1 N–H and O–H groups in total. The van der Waals surface area contributed by atoms with E-state index in [9.17, 15) is 4.79 Å². The molecule has 5 rings (SSSR count). The number of aromatic nitrogens is 1. The lowest BCUT2D eigenvalue weighted by Crippen LogP contribution is -2.04. The largest absolute Gasteiger partial charge is 0.438 e. The molecule has 0 spiro atoms. The molecule has 5 nitrogen and oxygen atoms in total. The van der Waals surface area contributed by atoms with Crippen LogP contribution in [0.2, 0.25) is 10.0 Å². The Morgan fingerprint density at radius 3 is 2.62 bits per heavy atom. The monoisotopic (exact) mass is 440 g/mol. The fraction of sp³-hybridized carbons (Fsp3) is 0. The fourth-order valence-corrected chi connectivity index (χ4v) is 4.47. The van der Waals surface area contributed by atoms with Gasteiger partial charge in [-0.2, -0.15) is 0 Å². The molecule has 0 unspecified atom stereocenters. The minimum absolute atomic E-state index is 0.00806. The van der Waals surface area contributed by atoms with Gasteiger partial charge in [0, 0.05) is 21.2 Å². The quantitative estimate of drug-likeness (QED) is 0.335. The van der Waals surface area contributed by atoms with Crippen molar-refractivity contribution in [3.63, 3.8) is 0 Å². The lowest BCUT2D eigenvalue weighted by Gasteiger charge is -2.03. The average Bonchev–Trinajstić information content (AvgIpc) is 3.17. The minimum Gasteiger partial charge on any atom is -0.438 e. The Kier molecular flexibility index (Phi) is 4.28. The van der Waals surface area contributed by atoms with Crippen LogP contribution in [-0.2, 0) is 0 Å². The first-order valence-electron chi connectivity index (χ1n) is 8.46. The van der Waals surface area contributed by atoms with Crippen LogP contribution < -0.4 is 11.2 Å². The molecule has 8 heteroatoms. The molecule has 0 fully saturated rings. The molecule has 5 aromatic rings. The molecule has 0 radical (unpaired) electrons. The Labute approximate surface area is 177 Å². The van der Waals surface area contributed by atoms with Gasteiger partial charge in [-0.05, 0) is 30.3 Å². The maximum atomic E-state index is 12.5. The van der Waals surface area contributed by atoms with Gasteiger partial charge in [0.05, 0.1) is 21.8 Å². The Bertz CT molecular complexity index is 1540. The summed E-state index contributed by atoms with van der Waals surface area (Å²) in [6.45, 7) is 0. The average molecular weight is 441 g/mol. The highest BCUT2D eigenvalue weighted by Gasteiger charge is 2.16. The first kappa shape index (κ1) is 18.1. The topological polar surface area (TPSA) is 80.1 Å². The normalized spacial score (nSPS) is 11.4. The molecule has 0 aliphatic carbocycles. The molecular weight excluding hydrogens is 431 g/mol. The van der Waals surface area contributed by atoms with Gasteiger partial charge in [0.25, 0.3) is 0 Å². The number of benzene rings is 2. The first-order chi connectivity index (χ1) is 14.0. The van der Waals surface area contributed by atoms with E-state index in [1.54, 1.807) is 23.6 Å². The van der Waals surface area contributed by atoms with Gasteiger partial charge >= 0.3 is 5.63 Å². The van der Waals surface area contributed by atoms with E-state index in [0.717, 1.165) is 5.39 Å². The van der Waals surface area contributed by atoms with E-state index in [-0.39, 0.29) is 16.2 Å². The summed E-state index contributed by atoms with van der Waals surface area (Å²) in [6, 6.07) is 14.2. The summed E-state index contributed by atoms with van der Waals surface area (Å²) in [5, 5.41) is 12.7. The third kappa shape index (κ3) is 3.15. The van der Waals surface area contributed by atoms with Crippen molar-refractivity contribution in [3.8, 4) is 21.8 Å². The van der Waals surface area contributed by atoms with Gasteiger partial charge in [0.2, 0.25) is 5.55 Å². The Balaban J connectivity index is 1.66. The van der Waals surface area contributed by atoms with Crippen molar-refractivity contribution in [2.45, 2.75) is 0 Å². The van der Waals surface area contributed by atoms with Crippen LogP contribution in [0.25, 0.3) is 43.8 Å². The summed E-state index contributed by atoms with van der Waals surface area (Å²) in [5.74, 6) is 0. The highest BCUT2D eigenvalue weighted by Crippen LogP contribution is 2.31. The zero-order valence-corrected chi connectivity index (χ0v) is 16.9. The number of hydrogen-bond acceptors (Lipinski definition) is 6. The van der Waals surface area contributed by atoms with Crippen LogP contribution in [0, 0.1) is 5.41 Å². The van der Waals surface area contributed by atoms with Crippen molar-refractivity contribution in [1.29, 1.82) is 5.41 Å². The molecule has 0 aliphatic heterocycles. The highest BCUT2D eigenvalue weighted by atomic mass is 35.5. The zero-order chi connectivity index (χ0) is 20.1. The summed E-state index contributed by atoms with van der Waals surface area (Å²) < 4.78 is 11.0. The number of fused-ring (bicyclic) bond motifs is 2. The molecule has 0 aliphatic rings. The number of thiazole rings is 1. The van der Waals surface area contributed by atoms with Crippen molar-refractivity contribution in [2.24, 2.45) is 0 Å². The molecule has 29 heavy (non-hydrogen) atoms. The van der Waals surface area contributed by atoms with E-state index < -0.39 is 5.63 Å². The van der Waals surface area contributed by atoms with Crippen LogP contribution in [0.15, 0.2) is 67.5 Å². The second-order valence-electron chi connectivity index (χ2n) is 6.32. The van der Waals surface area contributed by atoms with Crippen LogP contribution in [0.3, 0.4) is 0 Å². The first-order valence-corrected chi connectivity index (χ1v) is 10.1. The number of rotatable bonds is 2. The third-order valence-corrected chi connectivity index (χ3v) is 5.81. The lowest BCUT2D eigenvalue weighted by atomic mass is 10.1. The number of nitrogens with one attached hydrogen (secondary N) is 1. The third-order valence-electron chi connectivity index (χ3n) is 4.44. The Morgan fingerprint density at radius 1 is 0.966 bits per heavy atom. The van der Waals surface area contributed by atoms with Crippen molar-refractivity contribution in [1.82, 2.24) is 4.98 Å².